The molecule has 2 aromatic rings. The number of Topliss-reactive ketones (excluding diaryl/α,β-unsaturated/α-hetero) is 1. The first-order chi connectivity index (χ1) is 13.3. The van der Waals surface area contributed by atoms with Crippen LogP contribution in [0.1, 0.15) is 17.3 Å². The van der Waals surface area contributed by atoms with Crippen LogP contribution in [0.2, 0.25) is 0 Å². The lowest BCUT2D eigenvalue weighted by Crippen LogP contribution is -2.42. The van der Waals surface area contributed by atoms with Crippen molar-refractivity contribution >= 4 is 17.6 Å². The smallest absolute Gasteiger partial charge is 0.344 e. The molecule has 1 heterocycles. The van der Waals surface area contributed by atoms with Crippen molar-refractivity contribution in [2.75, 3.05) is 25.6 Å². The van der Waals surface area contributed by atoms with Crippen LogP contribution < -0.4 is 26.5 Å². The Labute approximate surface area is 160 Å². The maximum atomic E-state index is 12.2. The van der Waals surface area contributed by atoms with E-state index in [1.54, 1.807) is 24.3 Å². The number of hydrogen-bond acceptors (Lipinski definition) is 8. The molecule has 0 spiro atoms. The summed E-state index contributed by atoms with van der Waals surface area (Å²) in [5.74, 6) is -0.826. The normalized spacial score (nSPS) is 10.4. The Morgan fingerprint density at radius 1 is 0.964 bits per heavy atom. The summed E-state index contributed by atoms with van der Waals surface area (Å²) in [5, 5.41) is 0. The van der Waals surface area contributed by atoms with Gasteiger partial charge in [-0.15, -0.1) is 0 Å². The van der Waals surface area contributed by atoms with E-state index in [1.165, 1.54) is 14.1 Å². The van der Waals surface area contributed by atoms with Crippen molar-refractivity contribution in [1.29, 1.82) is 0 Å². The molecule has 0 aliphatic heterocycles. The summed E-state index contributed by atoms with van der Waals surface area (Å²) < 4.78 is 17.1. The van der Waals surface area contributed by atoms with Gasteiger partial charge in [0.1, 0.15) is 22.9 Å². The van der Waals surface area contributed by atoms with Gasteiger partial charge in [0.2, 0.25) is 5.78 Å². The molecule has 0 bridgehead atoms. The van der Waals surface area contributed by atoms with E-state index >= 15 is 0 Å². The van der Waals surface area contributed by atoms with Gasteiger partial charge < -0.3 is 19.9 Å². The molecule has 1 aromatic carbocycles. The van der Waals surface area contributed by atoms with Gasteiger partial charge in [-0.05, 0) is 31.2 Å². The minimum absolute atomic E-state index is 0.292. The summed E-state index contributed by atoms with van der Waals surface area (Å²) in [5.41, 5.74) is 3.75. The number of hydrogen-bond donors (Lipinski definition) is 1. The Morgan fingerprint density at radius 2 is 1.54 bits per heavy atom. The van der Waals surface area contributed by atoms with Crippen molar-refractivity contribution in [3.63, 3.8) is 0 Å². The van der Waals surface area contributed by atoms with E-state index < -0.39 is 41.8 Å². The minimum atomic E-state index is -0.854. The summed E-state index contributed by atoms with van der Waals surface area (Å²) in [4.78, 5) is 47.9. The van der Waals surface area contributed by atoms with Crippen LogP contribution in [0.25, 0.3) is 0 Å². The van der Waals surface area contributed by atoms with Gasteiger partial charge >= 0.3 is 11.7 Å². The molecule has 0 radical (unpaired) electrons. The highest BCUT2D eigenvalue weighted by molar-refractivity contribution is 6.01. The highest BCUT2D eigenvalue weighted by atomic mass is 16.6. The maximum Gasteiger partial charge on any atom is 0.344 e. The number of ketones is 1. The number of carbonyl (C=O) groups excluding carboxylic acids is 2. The highest BCUT2D eigenvalue weighted by Crippen LogP contribution is 2.17. The van der Waals surface area contributed by atoms with Crippen LogP contribution >= 0.6 is 0 Å². The molecule has 0 aliphatic rings. The summed E-state index contributed by atoms with van der Waals surface area (Å²) in [7, 11) is 2.54. The van der Waals surface area contributed by atoms with Gasteiger partial charge in [0.25, 0.3) is 5.56 Å². The second-order valence-electron chi connectivity index (χ2n) is 5.74. The molecule has 2 N–H and O–H groups in total. The van der Waals surface area contributed by atoms with Gasteiger partial charge in [0, 0.05) is 14.1 Å². The number of anilines is 1. The Morgan fingerprint density at radius 3 is 2.11 bits per heavy atom. The predicted molar refractivity (Wildman–Crippen MR) is 99.7 cm³/mol. The van der Waals surface area contributed by atoms with Crippen LogP contribution in [0, 0.1) is 0 Å². The van der Waals surface area contributed by atoms with E-state index in [-0.39, 0.29) is 5.82 Å². The Balaban J connectivity index is 1.95. The zero-order chi connectivity index (χ0) is 20.8. The largest absolute Gasteiger partial charge is 0.494 e. The van der Waals surface area contributed by atoms with Gasteiger partial charge in [0.15, 0.2) is 13.2 Å². The van der Waals surface area contributed by atoms with E-state index in [1.807, 2.05) is 6.92 Å². The molecule has 0 amide bonds. The third-order valence-electron chi connectivity index (χ3n) is 3.84. The van der Waals surface area contributed by atoms with E-state index in [4.69, 9.17) is 19.9 Å². The molecule has 10 heteroatoms. The zero-order valence-corrected chi connectivity index (χ0v) is 15.8. The number of nitrogens with zero attached hydrogens (tertiary/aromatic N) is 2. The fourth-order valence-electron chi connectivity index (χ4n) is 2.32. The van der Waals surface area contributed by atoms with Crippen molar-refractivity contribution in [2.45, 2.75) is 6.92 Å². The Hall–Kier alpha value is -3.56. The quantitative estimate of drug-likeness (QED) is 0.486. The standard InChI is InChI=1S/C18H21N3O7/c1-4-26-11-5-7-12(8-6-11)27-10-14(23)28-9-13(22)15-16(19)20(2)18(25)21(3)17(15)24/h5-8H,4,9-10,19H2,1-3H3. The number of aromatic nitrogens is 2. The molecule has 0 saturated carbocycles. The number of nitrogens with two attached hydrogens (primary N) is 1. The molecule has 0 fully saturated rings. The van der Waals surface area contributed by atoms with E-state index in [2.05, 4.69) is 0 Å². The van der Waals surface area contributed by atoms with Crippen molar-refractivity contribution in [3.8, 4) is 11.5 Å². The highest BCUT2D eigenvalue weighted by Gasteiger charge is 2.21. The Bertz CT molecular complexity index is 990. The fourth-order valence-corrected chi connectivity index (χ4v) is 2.32. The van der Waals surface area contributed by atoms with Crippen LogP contribution in [0.15, 0.2) is 33.9 Å². The molecule has 1 aromatic heterocycles. The molecular weight excluding hydrogens is 370 g/mol. The summed E-state index contributed by atoms with van der Waals surface area (Å²) >= 11 is 0. The molecule has 10 nitrogen and oxygen atoms in total. The number of ether oxygens (including phenoxy) is 3. The van der Waals surface area contributed by atoms with Crippen molar-refractivity contribution < 1.29 is 23.8 Å². The number of carbonyl (C=O) groups is 2. The van der Waals surface area contributed by atoms with Crippen LogP contribution in [0.3, 0.4) is 0 Å². The molecule has 0 unspecified atom stereocenters. The predicted octanol–water partition coefficient (Wildman–Crippen LogP) is -0.130. The average Bonchev–Trinajstić information content (AvgIpc) is 2.69. The van der Waals surface area contributed by atoms with Crippen molar-refractivity contribution in [2.24, 2.45) is 14.1 Å². The first-order valence-electron chi connectivity index (χ1n) is 8.36. The van der Waals surface area contributed by atoms with Gasteiger partial charge in [0.05, 0.1) is 6.61 Å². The summed E-state index contributed by atoms with van der Waals surface area (Å²) in [6.07, 6.45) is 0. The third-order valence-corrected chi connectivity index (χ3v) is 3.84. The molecule has 150 valence electrons. The van der Waals surface area contributed by atoms with Gasteiger partial charge in [-0.3, -0.25) is 18.7 Å². The average molecular weight is 391 g/mol. The van der Waals surface area contributed by atoms with Crippen LogP contribution in [0.4, 0.5) is 5.82 Å². The Kier molecular flexibility index (Phi) is 6.59. The van der Waals surface area contributed by atoms with Gasteiger partial charge in [-0.2, -0.15) is 0 Å². The maximum absolute atomic E-state index is 12.2. The molecule has 0 atom stereocenters. The molecule has 0 aliphatic carbocycles. The van der Waals surface area contributed by atoms with Crippen LogP contribution in [-0.4, -0.2) is 40.7 Å². The van der Waals surface area contributed by atoms with E-state index in [0.717, 1.165) is 9.13 Å². The number of benzene rings is 1. The summed E-state index contributed by atoms with van der Waals surface area (Å²) in [6.45, 7) is 1.26. The fraction of sp³-hybridized carbons (Fsp3) is 0.333. The number of nitrogen functional groups attached to an aromatic ring is 1. The monoisotopic (exact) mass is 391 g/mol. The topological polar surface area (TPSA) is 132 Å². The second-order valence-corrected chi connectivity index (χ2v) is 5.74. The van der Waals surface area contributed by atoms with Gasteiger partial charge in [-0.25, -0.2) is 9.59 Å². The zero-order valence-electron chi connectivity index (χ0n) is 15.8. The molecule has 0 saturated heterocycles. The molecular formula is C18H21N3O7. The minimum Gasteiger partial charge on any atom is -0.494 e. The molecule has 28 heavy (non-hydrogen) atoms. The van der Waals surface area contributed by atoms with E-state index in [0.29, 0.717) is 18.1 Å². The van der Waals surface area contributed by atoms with Crippen LogP contribution in [-0.2, 0) is 23.6 Å². The van der Waals surface area contributed by atoms with Gasteiger partial charge in [-0.1, -0.05) is 0 Å². The van der Waals surface area contributed by atoms with Crippen LogP contribution in [0.5, 0.6) is 11.5 Å². The first-order valence-corrected chi connectivity index (χ1v) is 8.36. The van der Waals surface area contributed by atoms with E-state index in [9.17, 15) is 19.2 Å². The third kappa shape index (κ3) is 4.58. The molecule has 2 rings (SSSR count). The summed E-state index contributed by atoms with van der Waals surface area (Å²) in [6, 6.07) is 6.62. The first kappa shape index (κ1) is 20.7. The SMILES string of the molecule is CCOc1ccc(OCC(=O)OCC(=O)c2c(N)n(C)c(=O)n(C)c2=O)cc1. The van der Waals surface area contributed by atoms with Crippen molar-refractivity contribution in [1.82, 2.24) is 9.13 Å². The number of esters is 1. The second kappa shape index (κ2) is 8.89. The lowest BCUT2D eigenvalue weighted by molar-refractivity contribution is -0.144. The van der Waals surface area contributed by atoms with Crippen molar-refractivity contribution in [3.05, 3.63) is 50.7 Å². The number of rotatable bonds is 8. The lowest BCUT2D eigenvalue weighted by Gasteiger charge is -2.11. The lowest BCUT2D eigenvalue weighted by atomic mass is 10.2.